The number of hydrogen-bond donors (Lipinski definition) is 2. The molecule has 2 N–H and O–H groups in total. The van der Waals surface area contributed by atoms with Crippen molar-refractivity contribution in [2.45, 2.75) is 25.6 Å². The first-order valence-corrected chi connectivity index (χ1v) is 7.94. The van der Waals surface area contributed by atoms with E-state index in [2.05, 4.69) is 31.3 Å². The van der Waals surface area contributed by atoms with Gasteiger partial charge >= 0.3 is 6.18 Å². The van der Waals surface area contributed by atoms with E-state index >= 15 is 0 Å². The summed E-state index contributed by atoms with van der Waals surface area (Å²) in [4.78, 5) is 23.4. The Morgan fingerprint density at radius 1 is 1.25 bits per heavy atom. The highest BCUT2D eigenvalue weighted by molar-refractivity contribution is 9.10. The lowest BCUT2D eigenvalue weighted by Gasteiger charge is -2.15. The molecular formula is C15H18BrF3N2O3. The van der Waals surface area contributed by atoms with Crippen LogP contribution in [0.15, 0.2) is 28.7 Å². The maximum Gasteiger partial charge on any atom is 0.411 e. The lowest BCUT2D eigenvalue weighted by molar-refractivity contribution is -0.175. The highest BCUT2D eigenvalue weighted by Crippen LogP contribution is 2.14. The Hall–Kier alpha value is -1.61. The molecule has 0 spiro atoms. The van der Waals surface area contributed by atoms with E-state index in [-0.39, 0.29) is 31.4 Å². The molecule has 1 aromatic rings. The first-order valence-electron chi connectivity index (χ1n) is 7.15. The van der Waals surface area contributed by atoms with Crippen molar-refractivity contribution in [1.29, 1.82) is 0 Å². The minimum Gasteiger partial charge on any atom is -0.370 e. The molecule has 0 aliphatic carbocycles. The van der Waals surface area contributed by atoms with Crippen molar-refractivity contribution in [2.24, 2.45) is 0 Å². The quantitative estimate of drug-likeness (QED) is 0.692. The first kappa shape index (κ1) is 20.4. The van der Waals surface area contributed by atoms with Crippen molar-refractivity contribution in [3.63, 3.8) is 0 Å². The molecule has 134 valence electrons. The first-order chi connectivity index (χ1) is 11.2. The summed E-state index contributed by atoms with van der Waals surface area (Å²) in [6.07, 6.45) is -4.37. The van der Waals surface area contributed by atoms with Crippen LogP contribution in [-0.4, -0.2) is 43.8 Å². The molecule has 24 heavy (non-hydrogen) atoms. The zero-order valence-corrected chi connectivity index (χ0v) is 14.5. The fourth-order valence-corrected chi connectivity index (χ4v) is 2.00. The molecule has 1 unspecified atom stereocenters. The molecule has 0 aromatic heterocycles. The van der Waals surface area contributed by atoms with Gasteiger partial charge in [0.1, 0.15) is 6.61 Å². The van der Waals surface area contributed by atoms with Crippen LogP contribution in [-0.2, 0) is 9.53 Å². The molecule has 0 fully saturated rings. The third-order valence-corrected chi connectivity index (χ3v) is 3.31. The Morgan fingerprint density at radius 2 is 1.88 bits per heavy atom. The number of benzene rings is 1. The van der Waals surface area contributed by atoms with Crippen LogP contribution in [0.2, 0.25) is 0 Å². The summed E-state index contributed by atoms with van der Waals surface area (Å²) < 4.78 is 41.1. The zero-order valence-electron chi connectivity index (χ0n) is 13.0. The van der Waals surface area contributed by atoms with Crippen molar-refractivity contribution < 1.29 is 27.5 Å². The van der Waals surface area contributed by atoms with Crippen LogP contribution in [0.3, 0.4) is 0 Å². The maximum atomic E-state index is 11.9. The number of alkyl halides is 3. The molecule has 1 aromatic carbocycles. The Kier molecular flexibility index (Phi) is 8.20. The molecule has 0 radical (unpaired) electrons. The van der Waals surface area contributed by atoms with Crippen LogP contribution < -0.4 is 10.6 Å². The van der Waals surface area contributed by atoms with Crippen LogP contribution in [0.25, 0.3) is 0 Å². The van der Waals surface area contributed by atoms with E-state index in [4.69, 9.17) is 0 Å². The number of carbonyl (C=O) groups is 2. The molecule has 0 aliphatic rings. The van der Waals surface area contributed by atoms with Crippen LogP contribution in [0.4, 0.5) is 13.2 Å². The van der Waals surface area contributed by atoms with E-state index < -0.39 is 18.8 Å². The van der Waals surface area contributed by atoms with Crippen molar-refractivity contribution >= 4 is 27.7 Å². The highest BCUT2D eigenvalue weighted by Gasteiger charge is 2.27. The van der Waals surface area contributed by atoms with Crippen molar-refractivity contribution in [3.05, 3.63) is 34.3 Å². The zero-order chi connectivity index (χ0) is 18.2. The van der Waals surface area contributed by atoms with Gasteiger partial charge in [-0.3, -0.25) is 9.59 Å². The Morgan fingerprint density at radius 3 is 2.46 bits per heavy atom. The van der Waals surface area contributed by atoms with Gasteiger partial charge in [-0.2, -0.15) is 13.2 Å². The molecule has 0 bridgehead atoms. The van der Waals surface area contributed by atoms with E-state index in [9.17, 15) is 22.8 Å². The lowest BCUT2D eigenvalue weighted by atomic mass is 10.2. The topological polar surface area (TPSA) is 67.4 Å². The third-order valence-electron chi connectivity index (χ3n) is 2.78. The van der Waals surface area contributed by atoms with Crippen molar-refractivity contribution in [1.82, 2.24) is 10.6 Å². The Bertz CT molecular complexity index is 550. The van der Waals surface area contributed by atoms with Gasteiger partial charge in [0.05, 0.1) is 6.61 Å². The number of amides is 2. The number of rotatable bonds is 8. The molecular weight excluding hydrogens is 393 g/mol. The molecule has 1 rings (SSSR count). The van der Waals surface area contributed by atoms with Crippen molar-refractivity contribution in [2.75, 3.05) is 19.8 Å². The molecule has 5 nitrogen and oxygen atoms in total. The molecule has 0 aliphatic heterocycles. The smallest absolute Gasteiger partial charge is 0.370 e. The minimum absolute atomic E-state index is 0.0197. The molecule has 0 saturated carbocycles. The lowest BCUT2D eigenvalue weighted by Crippen LogP contribution is -2.38. The number of ether oxygens (including phenoxy) is 1. The van der Waals surface area contributed by atoms with Crippen LogP contribution >= 0.6 is 15.9 Å². The van der Waals surface area contributed by atoms with Gasteiger partial charge in [0.25, 0.3) is 5.91 Å². The van der Waals surface area contributed by atoms with Crippen LogP contribution in [0, 0.1) is 0 Å². The summed E-state index contributed by atoms with van der Waals surface area (Å²) in [6.45, 7) is 0.0680. The van der Waals surface area contributed by atoms with E-state index in [1.807, 2.05) is 0 Å². The van der Waals surface area contributed by atoms with E-state index in [1.54, 1.807) is 24.3 Å². The number of halogens is 4. The Labute approximate surface area is 146 Å². The number of nitrogens with one attached hydrogen (secondary N) is 2. The van der Waals surface area contributed by atoms with Gasteiger partial charge in [-0.05, 0) is 31.2 Å². The molecule has 2 amide bonds. The predicted octanol–water partition coefficient (Wildman–Crippen LogP) is 2.65. The third kappa shape index (κ3) is 8.88. The second kappa shape index (κ2) is 9.63. The monoisotopic (exact) mass is 410 g/mol. The second-order valence-electron chi connectivity index (χ2n) is 5.11. The summed E-state index contributed by atoms with van der Waals surface area (Å²) in [6, 6.07) is 6.18. The van der Waals surface area contributed by atoms with Crippen LogP contribution in [0.1, 0.15) is 23.7 Å². The Balaban J connectivity index is 2.21. The van der Waals surface area contributed by atoms with Crippen LogP contribution in [0.5, 0.6) is 0 Å². The van der Waals surface area contributed by atoms with Gasteiger partial charge < -0.3 is 15.4 Å². The molecule has 9 heteroatoms. The fourth-order valence-electron chi connectivity index (χ4n) is 1.73. The summed E-state index contributed by atoms with van der Waals surface area (Å²) in [7, 11) is 0. The molecule has 1 atom stereocenters. The van der Waals surface area contributed by atoms with Gasteiger partial charge in [-0.15, -0.1) is 0 Å². The average molecular weight is 411 g/mol. The standard InChI is InChI=1S/C15H18BrF3N2O3/c1-10(8-24-9-15(17,18)19)21-13(22)6-7-20-14(23)11-2-4-12(16)5-3-11/h2-5,10H,6-9H2,1H3,(H,20,23)(H,21,22). The van der Waals surface area contributed by atoms with Gasteiger partial charge in [-0.25, -0.2) is 0 Å². The highest BCUT2D eigenvalue weighted by atomic mass is 79.9. The fraction of sp³-hybridized carbons (Fsp3) is 0.467. The maximum absolute atomic E-state index is 11.9. The summed E-state index contributed by atoms with van der Waals surface area (Å²) in [5.74, 6) is -0.689. The predicted molar refractivity (Wildman–Crippen MR) is 85.6 cm³/mol. The van der Waals surface area contributed by atoms with E-state index in [0.717, 1.165) is 4.47 Å². The van der Waals surface area contributed by atoms with E-state index in [0.29, 0.717) is 5.56 Å². The summed E-state index contributed by atoms with van der Waals surface area (Å²) in [5, 5.41) is 5.09. The van der Waals surface area contributed by atoms with Crippen molar-refractivity contribution in [3.8, 4) is 0 Å². The normalized spacial score (nSPS) is 12.5. The summed E-state index contributed by atoms with van der Waals surface area (Å²) in [5.41, 5.74) is 0.465. The average Bonchev–Trinajstić information content (AvgIpc) is 2.46. The van der Waals surface area contributed by atoms with E-state index in [1.165, 1.54) is 6.92 Å². The number of carbonyl (C=O) groups excluding carboxylic acids is 2. The molecule has 0 heterocycles. The SMILES string of the molecule is CC(COCC(F)(F)F)NC(=O)CCNC(=O)c1ccc(Br)cc1. The van der Waals surface area contributed by atoms with Gasteiger partial charge in [0, 0.05) is 29.0 Å². The minimum atomic E-state index is -4.39. The van der Waals surface area contributed by atoms with Gasteiger partial charge in [0.15, 0.2) is 0 Å². The number of hydrogen-bond acceptors (Lipinski definition) is 3. The summed E-state index contributed by atoms with van der Waals surface area (Å²) >= 11 is 3.26. The molecule has 0 saturated heterocycles. The largest absolute Gasteiger partial charge is 0.411 e. The van der Waals surface area contributed by atoms with Gasteiger partial charge in [0.2, 0.25) is 5.91 Å². The second-order valence-corrected chi connectivity index (χ2v) is 6.03. The van der Waals surface area contributed by atoms with Gasteiger partial charge in [-0.1, -0.05) is 15.9 Å².